The van der Waals surface area contributed by atoms with Gasteiger partial charge in [0.05, 0.1) is 12.1 Å². The van der Waals surface area contributed by atoms with Gasteiger partial charge in [-0.2, -0.15) is 17.4 Å². The molecule has 0 aromatic heterocycles. The molecule has 84 valence electrons. The van der Waals surface area contributed by atoms with Crippen LogP contribution < -0.4 is 4.72 Å². The van der Waals surface area contributed by atoms with Crippen LogP contribution in [0.2, 0.25) is 0 Å². The van der Waals surface area contributed by atoms with E-state index in [9.17, 15) is 8.42 Å². The van der Waals surface area contributed by atoms with E-state index < -0.39 is 15.7 Å². The molecule has 1 atom stereocenters. The molecular weight excluding hydrogens is 204 g/mol. The predicted octanol–water partition coefficient (Wildman–Crippen LogP) is -0.0485. The second-order valence-corrected chi connectivity index (χ2v) is 5.99. The Morgan fingerprint density at radius 3 is 2.50 bits per heavy atom. The zero-order valence-electron chi connectivity index (χ0n) is 8.91. The average Bonchev–Trinajstić information content (AvgIpc) is 2.03. The number of ether oxygens (including phenoxy) is 1. The van der Waals surface area contributed by atoms with E-state index in [2.05, 4.69) is 4.72 Å². The van der Waals surface area contributed by atoms with Gasteiger partial charge in [0.2, 0.25) is 0 Å². The van der Waals surface area contributed by atoms with Crippen LogP contribution in [-0.2, 0) is 14.9 Å². The molecule has 1 N–H and O–H groups in total. The summed E-state index contributed by atoms with van der Waals surface area (Å²) in [5, 5.41) is 0. The van der Waals surface area contributed by atoms with Crippen molar-refractivity contribution in [2.24, 2.45) is 0 Å². The minimum Gasteiger partial charge on any atom is -0.380 e. The molecular formula is C8H18N2O3S. The van der Waals surface area contributed by atoms with Crippen LogP contribution in [0.3, 0.4) is 0 Å². The summed E-state index contributed by atoms with van der Waals surface area (Å²) in [7, 11) is -0.334. The van der Waals surface area contributed by atoms with Crippen molar-refractivity contribution in [1.82, 2.24) is 9.03 Å². The molecule has 0 spiro atoms. The highest BCUT2D eigenvalue weighted by molar-refractivity contribution is 7.87. The molecule has 0 radical (unpaired) electrons. The Balaban J connectivity index is 2.66. The van der Waals surface area contributed by atoms with Crippen LogP contribution in [0.15, 0.2) is 0 Å². The fourth-order valence-electron chi connectivity index (χ4n) is 1.42. The van der Waals surface area contributed by atoms with Crippen LogP contribution in [0.4, 0.5) is 0 Å². The average molecular weight is 222 g/mol. The molecule has 1 heterocycles. The Hall–Kier alpha value is -0.170. The maximum Gasteiger partial charge on any atom is 0.279 e. The Morgan fingerprint density at radius 2 is 2.07 bits per heavy atom. The molecule has 1 fully saturated rings. The molecule has 0 aromatic rings. The van der Waals surface area contributed by atoms with Crippen LogP contribution in [-0.4, -0.2) is 45.6 Å². The zero-order valence-corrected chi connectivity index (χ0v) is 9.73. The number of nitrogens with zero attached hydrogens (tertiary/aromatic N) is 1. The van der Waals surface area contributed by atoms with E-state index in [0.717, 1.165) is 19.4 Å². The van der Waals surface area contributed by atoms with Crippen LogP contribution in [0.1, 0.15) is 19.8 Å². The molecule has 14 heavy (non-hydrogen) atoms. The van der Waals surface area contributed by atoms with Crippen molar-refractivity contribution in [3.05, 3.63) is 0 Å². The second kappa shape index (κ2) is 4.14. The van der Waals surface area contributed by atoms with Gasteiger partial charge in [0.15, 0.2) is 0 Å². The van der Waals surface area contributed by atoms with Crippen molar-refractivity contribution >= 4 is 10.2 Å². The lowest BCUT2D eigenvalue weighted by Gasteiger charge is -2.34. The van der Waals surface area contributed by atoms with Crippen LogP contribution in [0.25, 0.3) is 0 Å². The summed E-state index contributed by atoms with van der Waals surface area (Å²) >= 11 is 0. The van der Waals surface area contributed by atoms with Gasteiger partial charge in [-0.15, -0.1) is 0 Å². The van der Waals surface area contributed by atoms with Gasteiger partial charge in [0, 0.05) is 20.7 Å². The maximum atomic E-state index is 11.6. The van der Waals surface area contributed by atoms with Gasteiger partial charge in [-0.3, -0.25) is 0 Å². The first-order chi connectivity index (χ1) is 6.36. The van der Waals surface area contributed by atoms with Gasteiger partial charge in [0.25, 0.3) is 10.2 Å². The van der Waals surface area contributed by atoms with Gasteiger partial charge in [-0.1, -0.05) is 0 Å². The highest BCUT2D eigenvalue weighted by Gasteiger charge is 2.32. The van der Waals surface area contributed by atoms with Crippen molar-refractivity contribution in [2.45, 2.75) is 25.3 Å². The van der Waals surface area contributed by atoms with Crippen molar-refractivity contribution in [3.8, 4) is 0 Å². The van der Waals surface area contributed by atoms with Crippen LogP contribution in [0, 0.1) is 0 Å². The van der Waals surface area contributed by atoms with Crippen LogP contribution in [0.5, 0.6) is 0 Å². The molecule has 0 amide bonds. The van der Waals surface area contributed by atoms with Gasteiger partial charge in [0.1, 0.15) is 0 Å². The Kier molecular flexibility index (Phi) is 3.52. The molecule has 1 aliphatic heterocycles. The van der Waals surface area contributed by atoms with E-state index in [1.165, 1.54) is 18.4 Å². The highest BCUT2D eigenvalue weighted by Crippen LogP contribution is 2.19. The summed E-state index contributed by atoms with van der Waals surface area (Å²) in [6.45, 7) is 3.03. The first-order valence-electron chi connectivity index (χ1n) is 4.65. The Labute approximate surface area is 85.6 Å². The smallest absolute Gasteiger partial charge is 0.279 e. The third-order valence-corrected chi connectivity index (χ3v) is 4.01. The first-order valence-corrected chi connectivity index (χ1v) is 6.09. The number of rotatable bonds is 3. The SMILES string of the molecule is CN(C)S(=O)(=O)NC1(C)CCCOC1. The lowest BCUT2D eigenvalue weighted by Crippen LogP contribution is -2.54. The molecule has 1 rings (SSSR count). The van der Waals surface area contributed by atoms with Gasteiger partial charge >= 0.3 is 0 Å². The standard InChI is InChI=1S/C8H18N2O3S/c1-8(5-4-6-13-7-8)9-14(11,12)10(2)3/h9H,4-7H2,1-3H3. The van der Waals surface area contributed by atoms with E-state index in [0.29, 0.717) is 6.61 Å². The molecule has 0 aliphatic carbocycles. The molecule has 6 heteroatoms. The van der Waals surface area contributed by atoms with Crippen molar-refractivity contribution in [2.75, 3.05) is 27.3 Å². The van der Waals surface area contributed by atoms with E-state index in [4.69, 9.17) is 4.74 Å². The van der Waals surface area contributed by atoms with Gasteiger partial charge in [-0.25, -0.2) is 0 Å². The monoisotopic (exact) mass is 222 g/mol. The molecule has 5 nitrogen and oxygen atoms in total. The lowest BCUT2D eigenvalue weighted by molar-refractivity contribution is 0.0381. The topological polar surface area (TPSA) is 58.6 Å². The first kappa shape index (κ1) is 11.9. The maximum absolute atomic E-state index is 11.6. The number of hydrogen-bond acceptors (Lipinski definition) is 3. The third kappa shape index (κ3) is 2.91. The summed E-state index contributed by atoms with van der Waals surface area (Å²) in [5.41, 5.74) is -0.457. The summed E-state index contributed by atoms with van der Waals surface area (Å²) < 4.78 is 32.2. The lowest BCUT2D eigenvalue weighted by atomic mass is 9.97. The Bertz CT molecular complexity index is 281. The molecule has 1 unspecified atom stereocenters. The molecule has 0 saturated carbocycles. The fraction of sp³-hybridized carbons (Fsp3) is 1.00. The van der Waals surface area contributed by atoms with Crippen molar-refractivity contribution < 1.29 is 13.2 Å². The zero-order chi connectivity index (χ0) is 10.8. The highest BCUT2D eigenvalue weighted by atomic mass is 32.2. The number of hydrogen-bond donors (Lipinski definition) is 1. The second-order valence-electron chi connectivity index (χ2n) is 4.11. The van der Waals surface area contributed by atoms with E-state index in [-0.39, 0.29) is 0 Å². The van der Waals surface area contributed by atoms with Gasteiger partial charge in [-0.05, 0) is 19.8 Å². The summed E-state index contributed by atoms with van der Waals surface area (Å²) in [4.78, 5) is 0. The van der Waals surface area contributed by atoms with Crippen molar-refractivity contribution in [3.63, 3.8) is 0 Å². The van der Waals surface area contributed by atoms with E-state index in [1.807, 2.05) is 6.92 Å². The summed E-state index contributed by atoms with van der Waals surface area (Å²) in [5.74, 6) is 0. The van der Waals surface area contributed by atoms with Gasteiger partial charge < -0.3 is 4.74 Å². The molecule has 0 aromatic carbocycles. The minimum absolute atomic E-state index is 0.445. The van der Waals surface area contributed by atoms with E-state index >= 15 is 0 Å². The minimum atomic E-state index is -3.35. The summed E-state index contributed by atoms with van der Waals surface area (Å²) in [6.07, 6.45) is 1.71. The quantitative estimate of drug-likeness (QED) is 0.728. The number of nitrogens with one attached hydrogen (secondary N) is 1. The fourth-order valence-corrected chi connectivity index (χ4v) is 2.38. The molecule has 1 saturated heterocycles. The summed E-state index contributed by atoms with van der Waals surface area (Å²) in [6, 6.07) is 0. The van der Waals surface area contributed by atoms with Crippen LogP contribution >= 0.6 is 0 Å². The normalized spacial score (nSPS) is 29.4. The molecule has 1 aliphatic rings. The van der Waals surface area contributed by atoms with E-state index in [1.54, 1.807) is 0 Å². The third-order valence-electron chi connectivity index (χ3n) is 2.29. The Morgan fingerprint density at radius 1 is 1.43 bits per heavy atom. The largest absolute Gasteiger partial charge is 0.380 e. The predicted molar refractivity (Wildman–Crippen MR) is 54.2 cm³/mol. The molecule has 0 bridgehead atoms. The van der Waals surface area contributed by atoms with Crippen molar-refractivity contribution in [1.29, 1.82) is 0 Å².